The van der Waals surface area contributed by atoms with Gasteiger partial charge in [0.25, 0.3) is 6.71 Å². The zero-order chi connectivity index (χ0) is 49.9. The highest BCUT2D eigenvalue weighted by Crippen LogP contribution is 2.52. The molecule has 7 heteroatoms. The molecule has 10 aromatic carbocycles. The van der Waals surface area contributed by atoms with Crippen LogP contribution >= 0.6 is 0 Å². The van der Waals surface area contributed by atoms with Gasteiger partial charge in [-0.2, -0.15) is 0 Å². The smallest absolute Gasteiger partial charge is 0.252 e. The van der Waals surface area contributed by atoms with Gasteiger partial charge in [0.05, 0.1) is 0 Å². The van der Waals surface area contributed by atoms with Crippen LogP contribution in [0.4, 0.5) is 51.2 Å². The summed E-state index contributed by atoms with van der Waals surface area (Å²) in [6, 6.07) is 81.9. The standard InChI is InChI=1S/C68H50BN3O3/c1-43-33-61-67-62(34-43)72(52-36-46(35-47(37-52)64-39-45-17-13-16-26-63(45)75-64)44-27-29-54-53-24-14-15-25-55(53)68(2,3)56(54)38-44)59-40-51(70(48-18-7-4-8-19-48)49-20-9-5-10-21-49)28-30-57(59)69(67)58-41-65-66(74-32-31-73-65)42-60(58)71(61)50-22-11-6-12-23-50/h4-30,33-42H,31-32H2,1-3H3. The van der Waals surface area contributed by atoms with Crippen LogP contribution in [0.3, 0.4) is 0 Å². The number of anilines is 9. The summed E-state index contributed by atoms with van der Waals surface area (Å²) in [4.78, 5) is 7.33. The fraction of sp³-hybridized carbons (Fsp3) is 0.0882. The summed E-state index contributed by atoms with van der Waals surface area (Å²) in [6.45, 7) is 7.80. The topological polar surface area (TPSA) is 41.3 Å². The molecule has 0 bridgehead atoms. The first-order valence-electron chi connectivity index (χ1n) is 26.0. The van der Waals surface area contributed by atoms with Crippen molar-refractivity contribution in [2.45, 2.75) is 26.2 Å². The van der Waals surface area contributed by atoms with Crippen LogP contribution in [0, 0.1) is 6.92 Å². The van der Waals surface area contributed by atoms with E-state index in [9.17, 15) is 0 Å². The average Bonchev–Trinajstić information content (AvgIpc) is 4.01. The predicted octanol–water partition coefficient (Wildman–Crippen LogP) is 15.7. The van der Waals surface area contributed by atoms with Crippen molar-refractivity contribution in [3.63, 3.8) is 0 Å². The van der Waals surface area contributed by atoms with Gasteiger partial charge >= 0.3 is 0 Å². The summed E-state index contributed by atoms with van der Waals surface area (Å²) in [5, 5.41) is 1.07. The monoisotopic (exact) mass is 967 g/mol. The Balaban J connectivity index is 1.02. The Labute approximate surface area is 437 Å². The molecule has 6 nitrogen and oxygen atoms in total. The second-order valence-electron chi connectivity index (χ2n) is 20.8. The van der Waals surface area contributed by atoms with Gasteiger partial charge in [-0.3, -0.25) is 0 Å². The van der Waals surface area contributed by atoms with Crippen LogP contribution in [-0.4, -0.2) is 19.9 Å². The third kappa shape index (κ3) is 6.81. The first-order chi connectivity index (χ1) is 36.8. The van der Waals surface area contributed by atoms with Gasteiger partial charge < -0.3 is 28.6 Å². The van der Waals surface area contributed by atoms with Crippen LogP contribution in [0.5, 0.6) is 11.5 Å². The Kier molecular flexibility index (Phi) is 9.64. The second kappa shape index (κ2) is 16.7. The van der Waals surface area contributed by atoms with Gasteiger partial charge in [-0.25, -0.2) is 0 Å². The number of nitrogens with zero attached hydrogens (tertiary/aromatic N) is 3. The fourth-order valence-electron chi connectivity index (χ4n) is 12.6. The molecule has 0 unspecified atom stereocenters. The van der Waals surface area contributed by atoms with Crippen molar-refractivity contribution in [2.24, 2.45) is 0 Å². The van der Waals surface area contributed by atoms with Gasteiger partial charge in [0.2, 0.25) is 0 Å². The molecule has 1 aliphatic carbocycles. The number of furan rings is 1. The third-order valence-corrected chi connectivity index (χ3v) is 16.0. The minimum Gasteiger partial charge on any atom is -0.486 e. The maximum Gasteiger partial charge on any atom is 0.252 e. The van der Waals surface area contributed by atoms with Gasteiger partial charge in [0.1, 0.15) is 24.6 Å². The minimum atomic E-state index is -0.167. The maximum atomic E-state index is 6.80. The molecule has 3 aliphatic heterocycles. The van der Waals surface area contributed by atoms with Gasteiger partial charge in [-0.05, 0) is 165 Å². The lowest BCUT2D eigenvalue weighted by atomic mass is 9.33. The molecule has 4 heterocycles. The van der Waals surface area contributed by atoms with E-state index in [1.54, 1.807) is 0 Å². The number of benzene rings is 10. The number of ether oxygens (including phenoxy) is 2. The summed E-state index contributed by atoms with van der Waals surface area (Å²) >= 11 is 0. The molecule has 15 rings (SSSR count). The Morgan fingerprint density at radius 3 is 1.83 bits per heavy atom. The van der Waals surface area contributed by atoms with Crippen molar-refractivity contribution in [2.75, 3.05) is 27.9 Å². The molecule has 11 aromatic rings. The molecular formula is C68H50BN3O3. The number of hydrogen-bond acceptors (Lipinski definition) is 6. The number of aryl methyl sites for hydroxylation is 1. The molecule has 0 atom stereocenters. The lowest BCUT2D eigenvalue weighted by Gasteiger charge is -2.45. The van der Waals surface area contributed by atoms with E-state index in [0.717, 1.165) is 107 Å². The number of fused-ring (bicyclic) bond motifs is 9. The second-order valence-corrected chi connectivity index (χ2v) is 20.8. The molecule has 0 spiro atoms. The molecule has 358 valence electrons. The highest BCUT2D eigenvalue weighted by Gasteiger charge is 2.45. The van der Waals surface area contributed by atoms with Gasteiger partial charge in [0.15, 0.2) is 11.5 Å². The molecule has 75 heavy (non-hydrogen) atoms. The van der Waals surface area contributed by atoms with E-state index in [1.807, 2.05) is 6.07 Å². The zero-order valence-electron chi connectivity index (χ0n) is 41.9. The first-order valence-corrected chi connectivity index (χ1v) is 26.0. The lowest BCUT2D eigenvalue weighted by Crippen LogP contribution is -2.61. The SMILES string of the molecule is Cc1cc2c3c(c1)N(c1ccccc1)c1cc4c(cc1B3c1ccc(N(c3ccccc3)c3ccccc3)cc1N2c1cc(-c2ccc3c(c2)C(C)(C)c2ccccc2-3)cc(-c2cc3ccccc3o2)c1)OCCO4. The van der Waals surface area contributed by atoms with Crippen molar-refractivity contribution < 1.29 is 13.9 Å². The fourth-order valence-corrected chi connectivity index (χ4v) is 12.6. The van der Waals surface area contributed by atoms with Crippen LogP contribution in [0.2, 0.25) is 0 Å². The number of rotatable bonds is 7. The van der Waals surface area contributed by atoms with Crippen molar-refractivity contribution in [1.29, 1.82) is 0 Å². The van der Waals surface area contributed by atoms with E-state index in [1.165, 1.54) is 33.2 Å². The third-order valence-electron chi connectivity index (χ3n) is 16.0. The average molecular weight is 968 g/mol. The van der Waals surface area contributed by atoms with Crippen molar-refractivity contribution in [3.8, 4) is 45.1 Å². The molecule has 4 aliphatic rings. The Morgan fingerprint density at radius 1 is 0.453 bits per heavy atom. The highest BCUT2D eigenvalue weighted by atomic mass is 16.6. The lowest BCUT2D eigenvalue weighted by molar-refractivity contribution is 0.172. The van der Waals surface area contributed by atoms with Crippen LogP contribution in [-0.2, 0) is 5.41 Å². The number of hydrogen-bond donors (Lipinski definition) is 0. The predicted molar refractivity (Wildman–Crippen MR) is 309 cm³/mol. The largest absolute Gasteiger partial charge is 0.486 e. The van der Waals surface area contributed by atoms with Crippen molar-refractivity contribution in [1.82, 2.24) is 0 Å². The molecule has 0 fully saturated rings. The van der Waals surface area contributed by atoms with E-state index >= 15 is 0 Å². The van der Waals surface area contributed by atoms with Crippen LogP contribution in [0.15, 0.2) is 229 Å². The van der Waals surface area contributed by atoms with E-state index in [4.69, 9.17) is 13.9 Å². The van der Waals surface area contributed by atoms with Crippen LogP contribution < -0.4 is 40.6 Å². The molecule has 0 N–H and O–H groups in total. The molecule has 0 saturated carbocycles. The normalized spacial score (nSPS) is 14.2. The number of para-hydroxylation sites is 4. The maximum absolute atomic E-state index is 6.80. The highest BCUT2D eigenvalue weighted by molar-refractivity contribution is 7.00. The van der Waals surface area contributed by atoms with Crippen molar-refractivity contribution >= 4 is 85.3 Å². The first kappa shape index (κ1) is 43.4. The van der Waals surface area contributed by atoms with Crippen LogP contribution in [0.25, 0.3) is 44.5 Å². The van der Waals surface area contributed by atoms with Crippen LogP contribution in [0.1, 0.15) is 30.5 Å². The molecule has 0 radical (unpaired) electrons. The summed E-state index contributed by atoms with van der Waals surface area (Å²) in [5.74, 6) is 2.35. The quantitative estimate of drug-likeness (QED) is 0.148. The summed E-state index contributed by atoms with van der Waals surface area (Å²) < 4.78 is 19.6. The van der Waals surface area contributed by atoms with E-state index in [-0.39, 0.29) is 12.1 Å². The van der Waals surface area contributed by atoms with E-state index in [2.05, 4.69) is 254 Å². The Morgan fingerprint density at radius 2 is 1.08 bits per heavy atom. The van der Waals surface area contributed by atoms with E-state index < -0.39 is 0 Å². The summed E-state index contributed by atoms with van der Waals surface area (Å²) in [6.07, 6.45) is 0. The summed E-state index contributed by atoms with van der Waals surface area (Å²) in [5.41, 5.74) is 23.7. The van der Waals surface area contributed by atoms with Gasteiger partial charge in [0, 0.05) is 73.6 Å². The Hall–Kier alpha value is -9.20. The molecule has 1 aromatic heterocycles. The van der Waals surface area contributed by atoms with E-state index in [0.29, 0.717) is 13.2 Å². The van der Waals surface area contributed by atoms with Crippen molar-refractivity contribution in [3.05, 3.63) is 241 Å². The molecular weight excluding hydrogens is 918 g/mol. The molecule has 0 amide bonds. The Bertz CT molecular complexity index is 4020. The van der Waals surface area contributed by atoms with Gasteiger partial charge in [-0.1, -0.05) is 129 Å². The zero-order valence-corrected chi connectivity index (χ0v) is 41.9. The molecule has 0 saturated heterocycles. The van der Waals surface area contributed by atoms with Gasteiger partial charge in [-0.15, -0.1) is 0 Å². The minimum absolute atomic E-state index is 0.151. The summed E-state index contributed by atoms with van der Waals surface area (Å²) in [7, 11) is 0.